The van der Waals surface area contributed by atoms with Crippen molar-refractivity contribution in [2.45, 2.75) is 50.8 Å². The molecule has 1 fully saturated rings. The molecule has 0 amide bonds. The van der Waals surface area contributed by atoms with Crippen molar-refractivity contribution in [2.75, 3.05) is 11.9 Å². The standard InChI is InChI=1S/C15H23ClN2O/c1-10(17)11-7-8-13(12(16)9-11)18(2)14-5-3-4-6-15(14)19/h7-10,14-15,19H,3-6,17H2,1-2H3/t10-,14?,15?/m0/s1. The summed E-state index contributed by atoms with van der Waals surface area (Å²) in [7, 11) is 2.01. The van der Waals surface area contributed by atoms with Gasteiger partial charge in [0.25, 0.3) is 0 Å². The number of hydrogen-bond donors (Lipinski definition) is 2. The van der Waals surface area contributed by atoms with Crippen LogP contribution in [0.3, 0.4) is 0 Å². The number of aliphatic hydroxyl groups is 1. The molecule has 4 heteroatoms. The Morgan fingerprint density at radius 2 is 2.05 bits per heavy atom. The second-order valence-corrected chi connectivity index (χ2v) is 5.94. The van der Waals surface area contributed by atoms with E-state index in [1.807, 2.05) is 32.2 Å². The van der Waals surface area contributed by atoms with Gasteiger partial charge in [-0.05, 0) is 37.5 Å². The van der Waals surface area contributed by atoms with Crippen LogP contribution in [-0.4, -0.2) is 24.3 Å². The van der Waals surface area contributed by atoms with E-state index in [9.17, 15) is 5.11 Å². The number of likely N-dealkylation sites (N-methyl/N-ethyl adjacent to an activating group) is 1. The normalized spacial score (nSPS) is 25.1. The first kappa shape index (κ1) is 14.6. The minimum atomic E-state index is -0.261. The van der Waals surface area contributed by atoms with Gasteiger partial charge in [0, 0.05) is 13.1 Å². The molecule has 1 aliphatic rings. The number of halogens is 1. The molecular weight excluding hydrogens is 260 g/mol. The van der Waals surface area contributed by atoms with E-state index in [1.165, 1.54) is 6.42 Å². The van der Waals surface area contributed by atoms with Crippen molar-refractivity contribution in [3.8, 4) is 0 Å². The molecule has 0 heterocycles. The van der Waals surface area contributed by atoms with Gasteiger partial charge in [0.05, 0.1) is 22.9 Å². The number of benzene rings is 1. The lowest BCUT2D eigenvalue weighted by molar-refractivity contribution is 0.106. The van der Waals surface area contributed by atoms with Gasteiger partial charge < -0.3 is 15.7 Å². The highest BCUT2D eigenvalue weighted by molar-refractivity contribution is 6.33. The highest BCUT2D eigenvalue weighted by atomic mass is 35.5. The van der Waals surface area contributed by atoms with Gasteiger partial charge in [0.15, 0.2) is 0 Å². The van der Waals surface area contributed by atoms with E-state index in [1.54, 1.807) is 0 Å². The number of anilines is 1. The lowest BCUT2D eigenvalue weighted by Gasteiger charge is -2.37. The second-order valence-electron chi connectivity index (χ2n) is 5.53. The van der Waals surface area contributed by atoms with Crippen LogP contribution >= 0.6 is 11.6 Å². The lowest BCUT2D eigenvalue weighted by atomic mass is 9.91. The summed E-state index contributed by atoms with van der Waals surface area (Å²) in [6.07, 6.45) is 3.92. The molecular formula is C15H23ClN2O. The summed E-state index contributed by atoms with van der Waals surface area (Å²) >= 11 is 6.36. The molecule has 3 atom stereocenters. The zero-order valence-corrected chi connectivity index (χ0v) is 12.4. The SMILES string of the molecule is C[C@H](N)c1ccc(N(C)C2CCCCC2O)c(Cl)c1. The summed E-state index contributed by atoms with van der Waals surface area (Å²) in [5, 5.41) is 10.8. The molecule has 0 radical (unpaired) electrons. The molecule has 0 aromatic heterocycles. The van der Waals surface area contributed by atoms with Crippen LogP contribution in [-0.2, 0) is 0 Å². The van der Waals surface area contributed by atoms with Crippen LogP contribution in [0.5, 0.6) is 0 Å². The van der Waals surface area contributed by atoms with Crippen LogP contribution in [0.25, 0.3) is 0 Å². The van der Waals surface area contributed by atoms with Crippen molar-refractivity contribution >= 4 is 17.3 Å². The Kier molecular flexibility index (Phi) is 4.71. The number of rotatable bonds is 3. The Morgan fingerprint density at radius 3 is 2.63 bits per heavy atom. The maximum Gasteiger partial charge on any atom is 0.0743 e. The Morgan fingerprint density at radius 1 is 1.37 bits per heavy atom. The van der Waals surface area contributed by atoms with Crippen molar-refractivity contribution in [3.05, 3.63) is 28.8 Å². The molecule has 0 spiro atoms. The maximum absolute atomic E-state index is 10.1. The van der Waals surface area contributed by atoms with Gasteiger partial charge in [0.1, 0.15) is 0 Å². The van der Waals surface area contributed by atoms with Crippen molar-refractivity contribution in [2.24, 2.45) is 5.73 Å². The molecule has 1 aromatic rings. The van der Waals surface area contributed by atoms with Crippen LogP contribution in [0.1, 0.15) is 44.2 Å². The first-order valence-corrected chi connectivity index (χ1v) is 7.34. The average molecular weight is 283 g/mol. The number of hydrogen-bond acceptors (Lipinski definition) is 3. The van der Waals surface area contributed by atoms with Gasteiger partial charge in [-0.2, -0.15) is 0 Å². The molecule has 0 aliphatic heterocycles. The highest BCUT2D eigenvalue weighted by Crippen LogP contribution is 2.32. The minimum absolute atomic E-state index is 0.0165. The van der Waals surface area contributed by atoms with E-state index in [2.05, 4.69) is 4.90 Å². The van der Waals surface area contributed by atoms with E-state index in [0.29, 0.717) is 5.02 Å². The Hall–Kier alpha value is -0.770. The summed E-state index contributed by atoms with van der Waals surface area (Å²) < 4.78 is 0. The van der Waals surface area contributed by atoms with Crippen LogP contribution in [0, 0.1) is 0 Å². The van der Waals surface area contributed by atoms with E-state index in [0.717, 1.165) is 30.5 Å². The minimum Gasteiger partial charge on any atom is -0.391 e. The summed E-state index contributed by atoms with van der Waals surface area (Å²) in [5.74, 6) is 0. The van der Waals surface area contributed by atoms with Gasteiger partial charge in [-0.25, -0.2) is 0 Å². The Balaban J connectivity index is 2.21. The van der Waals surface area contributed by atoms with Gasteiger partial charge in [-0.1, -0.05) is 30.5 Å². The lowest BCUT2D eigenvalue weighted by Crippen LogP contribution is -2.43. The van der Waals surface area contributed by atoms with E-state index in [4.69, 9.17) is 17.3 Å². The predicted octanol–water partition coefficient (Wildman–Crippen LogP) is 3.10. The Labute approximate surface area is 120 Å². The summed E-state index contributed by atoms with van der Waals surface area (Å²) in [6, 6.07) is 6.08. The van der Waals surface area contributed by atoms with Crippen LogP contribution in [0.4, 0.5) is 5.69 Å². The predicted molar refractivity (Wildman–Crippen MR) is 80.7 cm³/mol. The smallest absolute Gasteiger partial charge is 0.0743 e. The number of nitrogens with zero attached hydrogens (tertiary/aromatic N) is 1. The van der Waals surface area contributed by atoms with E-state index < -0.39 is 0 Å². The molecule has 106 valence electrons. The molecule has 19 heavy (non-hydrogen) atoms. The third-order valence-electron chi connectivity index (χ3n) is 4.07. The van der Waals surface area contributed by atoms with E-state index in [-0.39, 0.29) is 18.2 Å². The highest BCUT2D eigenvalue weighted by Gasteiger charge is 2.27. The molecule has 0 saturated heterocycles. The van der Waals surface area contributed by atoms with E-state index >= 15 is 0 Å². The van der Waals surface area contributed by atoms with Crippen molar-refractivity contribution in [1.29, 1.82) is 0 Å². The molecule has 1 saturated carbocycles. The van der Waals surface area contributed by atoms with Crippen LogP contribution < -0.4 is 10.6 Å². The zero-order chi connectivity index (χ0) is 14.0. The zero-order valence-electron chi connectivity index (χ0n) is 11.6. The monoisotopic (exact) mass is 282 g/mol. The molecule has 3 N–H and O–H groups in total. The van der Waals surface area contributed by atoms with Crippen LogP contribution in [0.2, 0.25) is 5.02 Å². The third kappa shape index (κ3) is 3.22. The summed E-state index contributed by atoms with van der Waals surface area (Å²) in [4.78, 5) is 2.11. The molecule has 1 aromatic carbocycles. The fraction of sp³-hybridized carbons (Fsp3) is 0.600. The molecule has 0 bridgehead atoms. The van der Waals surface area contributed by atoms with Crippen LogP contribution in [0.15, 0.2) is 18.2 Å². The van der Waals surface area contributed by atoms with Gasteiger partial charge >= 0.3 is 0 Å². The van der Waals surface area contributed by atoms with Crippen molar-refractivity contribution < 1.29 is 5.11 Å². The first-order valence-electron chi connectivity index (χ1n) is 6.96. The fourth-order valence-electron chi connectivity index (χ4n) is 2.81. The second kappa shape index (κ2) is 6.12. The largest absolute Gasteiger partial charge is 0.391 e. The third-order valence-corrected chi connectivity index (χ3v) is 4.37. The fourth-order valence-corrected chi connectivity index (χ4v) is 3.14. The molecule has 3 nitrogen and oxygen atoms in total. The van der Waals surface area contributed by atoms with Gasteiger partial charge in [-0.15, -0.1) is 0 Å². The maximum atomic E-state index is 10.1. The quantitative estimate of drug-likeness (QED) is 0.896. The van der Waals surface area contributed by atoms with Crippen molar-refractivity contribution in [1.82, 2.24) is 0 Å². The summed E-state index contributed by atoms with van der Waals surface area (Å²) in [5.41, 5.74) is 7.86. The number of nitrogens with two attached hydrogens (primary N) is 1. The van der Waals surface area contributed by atoms with Gasteiger partial charge in [-0.3, -0.25) is 0 Å². The van der Waals surface area contributed by atoms with Crippen molar-refractivity contribution in [3.63, 3.8) is 0 Å². The first-order chi connectivity index (χ1) is 9.00. The Bertz CT molecular complexity index is 436. The summed E-state index contributed by atoms with van der Waals surface area (Å²) in [6.45, 7) is 1.94. The molecule has 1 aliphatic carbocycles. The number of aliphatic hydroxyl groups excluding tert-OH is 1. The van der Waals surface area contributed by atoms with Gasteiger partial charge in [0.2, 0.25) is 0 Å². The molecule has 2 rings (SSSR count). The average Bonchev–Trinajstić information content (AvgIpc) is 2.38. The molecule has 2 unspecified atom stereocenters. The topological polar surface area (TPSA) is 49.5 Å².